The Morgan fingerprint density at radius 3 is 2.84 bits per heavy atom. The van der Waals surface area contributed by atoms with Crippen LogP contribution in [0.15, 0.2) is 29.0 Å². The van der Waals surface area contributed by atoms with E-state index in [9.17, 15) is 15.0 Å². The Bertz CT molecular complexity index is 618. The lowest BCUT2D eigenvalue weighted by molar-refractivity contribution is -0.308. The molecule has 1 heterocycles. The Morgan fingerprint density at radius 2 is 2.21 bits per heavy atom. The van der Waals surface area contributed by atoms with Crippen LogP contribution in [0.25, 0.3) is 10.9 Å². The first kappa shape index (κ1) is 13.7. The summed E-state index contributed by atoms with van der Waals surface area (Å²) in [6.07, 6.45) is 0.217. The molecule has 7 heteroatoms. The zero-order valence-electron chi connectivity index (χ0n) is 10.0. The van der Waals surface area contributed by atoms with Crippen LogP contribution >= 0.6 is 15.9 Å². The molecule has 0 bridgehead atoms. The van der Waals surface area contributed by atoms with Crippen LogP contribution in [0.4, 0.5) is 5.82 Å². The lowest BCUT2D eigenvalue weighted by atomic mass is 10.1. The number of fused-ring (bicyclic) bond motifs is 1. The molecule has 0 fully saturated rings. The number of aliphatic hydroxyl groups is 1. The average Bonchev–Trinajstić information content (AvgIpc) is 2.35. The first-order chi connectivity index (χ1) is 8.99. The molecular formula is C12H11BrN3O3-. The lowest BCUT2D eigenvalue weighted by Gasteiger charge is -2.23. The van der Waals surface area contributed by atoms with Crippen molar-refractivity contribution in [2.45, 2.75) is 19.1 Å². The Labute approximate surface area is 117 Å². The Balaban J connectivity index is 2.44. The summed E-state index contributed by atoms with van der Waals surface area (Å²) in [5.41, 5.74) is 0.670. The van der Waals surface area contributed by atoms with Crippen LogP contribution < -0.4 is 10.4 Å². The maximum Gasteiger partial charge on any atom is 0.137 e. The molecule has 0 radical (unpaired) electrons. The third kappa shape index (κ3) is 2.99. The topological polar surface area (TPSA) is 98.2 Å². The van der Waals surface area contributed by atoms with Crippen LogP contribution in [-0.4, -0.2) is 33.2 Å². The molecule has 2 N–H and O–H groups in total. The molecule has 19 heavy (non-hydrogen) atoms. The maximum absolute atomic E-state index is 11.0. The summed E-state index contributed by atoms with van der Waals surface area (Å²) in [5.74, 6) is -1.06. The second-order valence-electron chi connectivity index (χ2n) is 4.07. The van der Waals surface area contributed by atoms with Crippen LogP contribution in [-0.2, 0) is 4.79 Å². The number of carbonyl (C=O) groups is 1. The van der Waals surface area contributed by atoms with Crippen LogP contribution in [0.1, 0.15) is 6.92 Å². The Kier molecular flexibility index (Phi) is 3.96. The number of carboxylic acids is 1. The number of aliphatic carboxylic acids is 1. The highest BCUT2D eigenvalue weighted by Gasteiger charge is 2.17. The molecule has 1 aromatic carbocycles. The molecule has 0 aliphatic rings. The van der Waals surface area contributed by atoms with Gasteiger partial charge in [0.25, 0.3) is 0 Å². The molecule has 0 saturated heterocycles. The van der Waals surface area contributed by atoms with E-state index in [-0.39, 0.29) is 0 Å². The van der Waals surface area contributed by atoms with Crippen molar-refractivity contribution in [3.05, 3.63) is 29.0 Å². The minimum absolute atomic E-state index is 0.335. The van der Waals surface area contributed by atoms with Gasteiger partial charge >= 0.3 is 0 Å². The maximum atomic E-state index is 11.0. The summed E-state index contributed by atoms with van der Waals surface area (Å²) in [5, 5.41) is 23.7. The van der Waals surface area contributed by atoms with Gasteiger partial charge in [0.2, 0.25) is 0 Å². The average molecular weight is 325 g/mol. The molecule has 2 rings (SSSR count). The van der Waals surface area contributed by atoms with Crippen molar-refractivity contribution < 1.29 is 15.0 Å². The van der Waals surface area contributed by atoms with Crippen molar-refractivity contribution in [3.63, 3.8) is 0 Å². The molecule has 2 aromatic rings. The minimum Gasteiger partial charge on any atom is -0.548 e. The fraction of sp³-hybridized carbons (Fsp3) is 0.250. The largest absolute Gasteiger partial charge is 0.548 e. The monoisotopic (exact) mass is 324 g/mol. The quantitative estimate of drug-likeness (QED) is 0.839. The molecule has 0 spiro atoms. The number of nitrogens with zero attached hydrogens (tertiary/aromatic N) is 2. The Hall–Kier alpha value is -1.73. The van der Waals surface area contributed by atoms with Gasteiger partial charge in [0.15, 0.2) is 0 Å². The summed E-state index contributed by atoms with van der Waals surface area (Å²) in [4.78, 5) is 19.1. The zero-order valence-corrected chi connectivity index (χ0v) is 11.6. The molecule has 0 aliphatic carbocycles. The number of hydrogen-bond donors (Lipinski definition) is 2. The highest BCUT2D eigenvalue weighted by Crippen LogP contribution is 2.23. The molecule has 0 saturated carbocycles. The highest BCUT2D eigenvalue weighted by atomic mass is 79.9. The van der Waals surface area contributed by atoms with Crippen molar-refractivity contribution in [1.29, 1.82) is 0 Å². The number of carboxylic acid groups (broad SMARTS) is 1. The molecule has 0 amide bonds. The van der Waals surface area contributed by atoms with E-state index >= 15 is 0 Å². The fourth-order valence-electron chi connectivity index (χ4n) is 1.67. The highest BCUT2D eigenvalue weighted by molar-refractivity contribution is 9.10. The van der Waals surface area contributed by atoms with Crippen molar-refractivity contribution in [2.24, 2.45) is 0 Å². The molecule has 1 aromatic heterocycles. The third-order valence-corrected chi connectivity index (χ3v) is 3.12. The summed E-state index contributed by atoms with van der Waals surface area (Å²) in [7, 11) is 0. The number of nitrogens with one attached hydrogen (secondary N) is 1. The smallest absolute Gasteiger partial charge is 0.137 e. The summed E-state index contributed by atoms with van der Waals surface area (Å²) < 4.78 is 0.819. The minimum atomic E-state index is -1.39. The number of benzene rings is 1. The van der Waals surface area contributed by atoms with Crippen molar-refractivity contribution >= 4 is 38.6 Å². The lowest BCUT2D eigenvalue weighted by Crippen LogP contribution is -2.47. The van der Waals surface area contributed by atoms with Crippen molar-refractivity contribution in [3.8, 4) is 0 Å². The van der Waals surface area contributed by atoms with Crippen molar-refractivity contribution in [2.75, 3.05) is 5.32 Å². The SMILES string of the molecule is C[C@@H](O)[C@H](Nc1ncnc2ccc(Br)cc12)C(=O)[O-]. The molecular weight excluding hydrogens is 314 g/mol. The molecule has 0 unspecified atom stereocenters. The first-order valence-electron chi connectivity index (χ1n) is 5.55. The van der Waals surface area contributed by atoms with Gasteiger partial charge in [-0.05, 0) is 25.1 Å². The van der Waals surface area contributed by atoms with Gasteiger partial charge in [0.05, 0.1) is 23.6 Å². The van der Waals surface area contributed by atoms with Gasteiger partial charge in [-0.15, -0.1) is 0 Å². The summed E-state index contributed by atoms with van der Waals surface area (Å²) in [6.45, 7) is 1.37. The van der Waals surface area contributed by atoms with E-state index in [2.05, 4.69) is 31.2 Å². The zero-order chi connectivity index (χ0) is 14.0. The van der Waals surface area contributed by atoms with Gasteiger partial charge in [-0.3, -0.25) is 0 Å². The van der Waals surface area contributed by atoms with Crippen LogP contribution in [0.2, 0.25) is 0 Å². The van der Waals surface area contributed by atoms with E-state index in [1.165, 1.54) is 13.3 Å². The van der Waals surface area contributed by atoms with Gasteiger partial charge in [-0.25, -0.2) is 9.97 Å². The second kappa shape index (κ2) is 5.50. The van der Waals surface area contributed by atoms with Gasteiger partial charge in [0, 0.05) is 9.86 Å². The predicted octanol–water partition coefficient (Wildman–Crippen LogP) is 0.303. The van der Waals surface area contributed by atoms with E-state index in [1.54, 1.807) is 12.1 Å². The predicted molar refractivity (Wildman–Crippen MR) is 71.3 cm³/mol. The number of hydrogen-bond acceptors (Lipinski definition) is 6. The molecule has 2 atom stereocenters. The van der Waals surface area contributed by atoms with Gasteiger partial charge < -0.3 is 20.3 Å². The summed E-state index contributed by atoms with van der Waals surface area (Å²) >= 11 is 3.33. The number of aromatic nitrogens is 2. The van der Waals surface area contributed by atoms with Gasteiger partial charge in [-0.1, -0.05) is 15.9 Å². The molecule has 100 valence electrons. The first-order valence-corrected chi connectivity index (χ1v) is 6.34. The number of anilines is 1. The van der Waals surface area contributed by atoms with E-state index in [4.69, 9.17) is 0 Å². The van der Waals surface area contributed by atoms with E-state index in [1.807, 2.05) is 6.07 Å². The fourth-order valence-corrected chi connectivity index (χ4v) is 2.03. The van der Waals surface area contributed by atoms with Crippen LogP contribution in [0, 0.1) is 0 Å². The van der Waals surface area contributed by atoms with Gasteiger partial charge in [0.1, 0.15) is 12.1 Å². The normalized spacial score (nSPS) is 14.1. The molecule has 6 nitrogen and oxygen atoms in total. The van der Waals surface area contributed by atoms with Crippen LogP contribution in [0.5, 0.6) is 0 Å². The molecule has 0 aliphatic heterocycles. The second-order valence-corrected chi connectivity index (χ2v) is 4.98. The third-order valence-electron chi connectivity index (χ3n) is 2.63. The summed E-state index contributed by atoms with van der Waals surface area (Å²) in [6, 6.07) is 4.13. The Morgan fingerprint density at radius 1 is 1.47 bits per heavy atom. The standard InChI is InChI=1S/C12H12BrN3O3/c1-6(17)10(12(18)19)16-11-8-4-7(13)2-3-9(8)14-5-15-11/h2-6,10,17H,1H3,(H,18,19)(H,14,15,16)/p-1/t6-,10+/m1/s1. The van der Waals surface area contributed by atoms with E-state index in [0.717, 1.165) is 4.47 Å². The van der Waals surface area contributed by atoms with Gasteiger partial charge in [-0.2, -0.15) is 0 Å². The number of carbonyl (C=O) groups excluding carboxylic acids is 1. The number of halogens is 1. The number of rotatable bonds is 4. The van der Waals surface area contributed by atoms with E-state index < -0.39 is 18.1 Å². The van der Waals surface area contributed by atoms with Crippen molar-refractivity contribution in [1.82, 2.24) is 9.97 Å². The number of aliphatic hydroxyl groups excluding tert-OH is 1. The van der Waals surface area contributed by atoms with Crippen LogP contribution in [0.3, 0.4) is 0 Å². The van der Waals surface area contributed by atoms with E-state index in [0.29, 0.717) is 16.7 Å².